The van der Waals surface area contributed by atoms with Crippen LogP contribution < -0.4 is 15.0 Å². The van der Waals surface area contributed by atoms with Gasteiger partial charge in [0.2, 0.25) is 5.91 Å². The first-order valence-electron chi connectivity index (χ1n) is 11.9. The van der Waals surface area contributed by atoms with E-state index in [2.05, 4.69) is 5.32 Å². The first kappa shape index (κ1) is 21.2. The van der Waals surface area contributed by atoms with E-state index < -0.39 is 5.92 Å². The van der Waals surface area contributed by atoms with Gasteiger partial charge in [-0.2, -0.15) is 0 Å². The number of hydrogen-bond donors (Lipinski definition) is 1. The molecular formula is C30H24N2O3. The van der Waals surface area contributed by atoms with Crippen LogP contribution in [0, 0.1) is 0 Å². The molecule has 0 saturated heterocycles. The summed E-state index contributed by atoms with van der Waals surface area (Å²) in [5.41, 5.74) is 4.97. The van der Waals surface area contributed by atoms with Gasteiger partial charge in [0, 0.05) is 34.6 Å². The molecule has 172 valence electrons. The third-order valence-electron chi connectivity index (χ3n) is 6.68. The smallest absolute Gasteiger partial charge is 0.258 e. The average molecular weight is 461 g/mol. The maximum Gasteiger partial charge on any atom is 0.258 e. The summed E-state index contributed by atoms with van der Waals surface area (Å²) in [7, 11) is 0. The molecule has 0 aliphatic carbocycles. The Balaban J connectivity index is 1.32. The molecule has 4 aromatic carbocycles. The molecular weight excluding hydrogens is 436 g/mol. The van der Waals surface area contributed by atoms with Crippen molar-refractivity contribution in [2.24, 2.45) is 0 Å². The number of carbonyl (C=O) groups is 2. The first-order valence-corrected chi connectivity index (χ1v) is 11.9. The molecule has 0 saturated carbocycles. The number of rotatable bonds is 3. The first-order chi connectivity index (χ1) is 17.2. The van der Waals surface area contributed by atoms with Crippen LogP contribution in [0.5, 0.6) is 11.5 Å². The zero-order chi connectivity index (χ0) is 23.8. The van der Waals surface area contributed by atoms with Gasteiger partial charge in [-0.15, -0.1) is 0 Å². The lowest BCUT2D eigenvalue weighted by Crippen LogP contribution is -2.35. The van der Waals surface area contributed by atoms with E-state index in [1.165, 1.54) is 0 Å². The summed E-state index contributed by atoms with van der Waals surface area (Å²) in [6.45, 7) is 0.652. The SMILES string of the molecule is O=C(Nc1ccc2c(c1)N(C(=O)c1ccccc1)CCC2)C1c2ccccc2Oc2ccccc21. The molecule has 0 bridgehead atoms. The van der Waals surface area contributed by atoms with Gasteiger partial charge in [0.1, 0.15) is 11.5 Å². The summed E-state index contributed by atoms with van der Waals surface area (Å²) in [5.74, 6) is 0.731. The number of aryl methyl sites for hydroxylation is 1. The average Bonchev–Trinajstić information content (AvgIpc) is 2.91. The van der Waals surface area contributed by atoms with E-state index in [0.717, 1.165) is 35.2 Å². The van der Waals surface area contributed by atoms with E-state index in [1.807, 2.05) is 102 Å². The van der Waals surface area contributed by atoms with E-state index in [-0.39, 0.29) is 11.8 Å². The molecule has 0 fully saturated rings. The van der Waals surface area contributed by atoms with Gasteiger partial charge in [-0.25, -0.2) is 0 Å². The molecule has 2 amide bonds. The third-order valence-corrected chi connectivity index (χ3v) is 6.68. The Morgan fingerprint density at radius 3 is 2.17 bits per heavy atom. The molecule has 0 radical (unpaired) electrons. The summed E-state index contributed by atoms with van der Waals surface area (Å²) in [6, 6.07) is 30.5. The monoisotopic (exact) mass is 460 g/mol. The fraction of sp³-hybridized carbons (Fsp3) is 0.133. The van der Waals surface area contributed by atoms with Gasteiger partial charge in [0.05, 0.1) is 5.92 Å². The number of hydrogen-bond acceptors (Lipinski definition) is 3. The fourth-order valence-electron chi connectivity index (χ4n) is 5.01. The predicted octanol–water partition coefficient (Wildman–Crippen LogP) is 6.16. The van der Waals surface area contributed by atoms with E-state index in [4.69, 9.17) is 4.74 Å². The lowest BCUT2D eigenvalue weighted by Gasteiger charge is -2.30. The number of anilines is 2. The summed E-state index contributed by atoms with van der Waals surface area (Å²) >= 11 is 0. The molecule has 0 aromatic heterocycles. The van der Waals surface area contributed by atoms with Crippen LogP contribution in [0.25, 0.3) is 0 Å². The molecule has 5 heteroatoms. The van der Waals surface area contributed by atoms with Crippen molar-refractivity contribution in [3.8, 4) is 11.5 Å². The van der Waals surface area contributed by atoms with Crippen LogP contribution in [0.2, 0.25) is 0 Å². The van der Waals surface area contributed by atoms with Crippen LogP contribution in [0.3, 0.4) is 0 Å². The summed E-state index contributed by atoms with van der Waals surface area (Å²) in [5, 5.41) is 3.11. The number of benzene rings is 4. The molecule has 2 aliphatic heterocycles. The molecule has 35 heavy (non-hydrogen) atoms. The molecule has 2 heterocycles. The Labute approximate surface area is 204 Å². The molecule has 6 rings (SSSR count). The quantitative estimate of drug-likeness (QED) is 0.399. The topological polar surface area (TPSA) is 58.6 Å². The van der Waals surface area contributed by atoms with E-state index in [0.29, 0.717) is 29.3 Å². The molecule has 5 nitrogen and oxygen atoms in total. The van der Waals surface area contributed by atoms with Crippen LogP contribution >= 0.6 is 0 Å². The number of nitrogens with zero attached hydrogens (tertiary/aromatic N) is 1. The summed E-state index contributed by atoms with van der Waals surface area (Å²) in [6.07, 6.45) is 1.82. The van der Waals surface area contributed by atoms with Gasteiger partial charge in [0.15, 0.2) is 0 Å². The molecule has 0 spiro atoms. The van der Waals surface area contributed by atoms with Crippen LogP contribution in [0.4, 0.5) is 11.4 Å². The van der Waals surface area contributed by atoms with Crippen LogP contribution in [-0.2, 0) is 11.2 Å². The number of ether oxygens (including phenoxy) is 1. The maximum absolute atomic E-state index is 13.7. The highest BCUT2D eigenvalue weighted by Crippen LogP contribution is 2.44. The van der Waals surface area contributed by atoms with Crippen molar-refractivity contribution in [2.75, 3.05) is 16.8 Å². The Morgan fingerprint density at radius 1 is 0.800 bits per heavy atom. The Kier molecular flexibility index (Phi) is 5.30. The minimum atomic E-state index is -0.491. The minimum Gasteiger partial charge on any atom is -0.457 e. The Bertz CT molecular complexity index is 1390. The zero-order valence-corrected chi connectivity index (χ0v) is 19.1. The Morgan fingerprint density at radius 2 is 1.46 bits per heavy atom. The van der Waals surface area contributed by atoms with E-state index >= 15 is 0 Å². The summed E-state index contributed by atoms with van der Waals surface area (Å²) in [4.78, 5) is 28.7. The normalized spacial score (nSPS) is 14.2. The van der Waals surface area contributed by atoms with Gasteiger partial charge < -0.3 is 15.0 Å². The fourth-order valence-corrected chi connectivity index (χ4v) is 5.01. The van der Waals surface area contributed by atoms with Crippen LogP contribution in [0.1, 0.15) is 39.4 Å². The van der Waals surface area contributed by atoms with Crippen molar-refractivity contribution in [1.82, 2.24) is 0 Å². The summed E-state index contributed by atoms with van der Waals surface area (Å²) < 4.78 is 6.04. The van der Waals surface area contributed by atoms with E-state index in [9.17, 15) is 9.59 Å². The minimum absolute atomic E-state index is 0.0256. The lowest BCUT2D eigenvalue weighted by molar-refractivity contribution is -0.116. The van der Waals surface area contributed by atoms with Crippen molar-refractivity contribution in [2.45, 2.75) is 18.8 Å². The molecule has 4 aromatic rings. The second kappa shape index (κ2) is 8.76. The Hall–Kier alpha value is -4.38. The molecule has 0 atom stereocenters. The number of para-hydroxylation sites is 2. The van der Waals surface area contributed by atoms with E-state index in [1.54, 1.807) is 0 Å². The largest absolute Gasteiger partial charge is 0.457 e. The highest BCUT2D eigenvalue weighted by atomic mass is 16.5. The highest BCUT2D eigenvalue weighted by molar-refractivity contribution is 6.07. The highest BCUT2D eigenvalue weighted by Gasteiger charge is 2.33. The van der Waals surface area contributed by atoms with Gasteiger partial charge >= 0.3 is 0 Å². The molecule has 1 N–H and O–H groups in total. The van der Waals surface area contributed by atoms with Crippen molar-refractivity contribution in [3.05, 3.63) is 119 Å². The lowest BCUT2D eigenvalue weighted by atomic mass is 9.87. The van der Waals surface area contributed by atoms with Gasteiger partial charge in [0.25, 0.3) is 5.91 Å². The second-order valence-corrected chi connectivity index (χ2v) is 8.87. The second-order valence-electron chi connectivity index (χ2n) is 8.87. The van der Waals surface area contributed by atoms with Crippen molar-refractivity contribution >= 4 is 23.2 Å². The number of amides is 2. The number of fused-ring (bicyclic) bond motifs is 3. The van der Waals surface area contributed by atoms with Crippen molar-refractivity contribution in [1.29, 1.82) is 0 Å². The van der Waals surface area contributed by atoms with Crippen molar-refractivity contribution in [3.63, 3.8) is 0 Å². The van der Waals surface area contributed by atoms with Gasteiger partial charge in [-0.1, -0.05) is 60.7 Å². The predicted molar refractivity (Wildman–Crippen MR) is 136 cm³/mol. The van der Waals surface area contributed by atoms with Crippen LogP contribution in [-0.4, -0.2) is 18.4 Å². The van der Waals surface area contributed by atoms with Gasteiger partial charge in [-0.3, -0.25) is 9.59 Å². The van der Waals surface area contributed by atoms with Gasteiger partial charge in [-0.05, 0) is 54.8 Å². The zero-order valence-electron chi connectivity index (χ0n) is 19.1. The van der Waals surface area contributed by atoms with Crippen LogP contribution in [0.15, 0.2) is 97.1 Å². The third kappa shape index (κ3) is 3.85. The maximum atomic E-state index is 13.7. The standard InChI is InChI=1S/C30H24N2O3/c33-29(28-23-12-4-6-14-26(23)35-27-15-7-5-13-24(27)28)31-22-17-16-20-11-8-18-32(25(20)19-22)30(34)21-9-2-1-3-10-21/h1-7,9-10,12-17,19,28H,8,11,18H2,(H,31,33). The number of carbonyl (C=O) groups excluding carboxylic acids is 2. The molecule has 0 unspecified atom stereocenters. The van der Waals surface area contributed by atoms with Crippen molar-refractivity contribution < 1.29 is 14.3 Å². The molecule has 2 aliphatic rings. The number of nitrogens with one attached hydrogen (secondary N) is 1.